The van der Waals surface area contributed by atoms with Gasteiger partial charge in [-0.05, 0) is 30.3 Å². The molecule has 0 bridgehead atoms. The minimum absolute atomic E-state index is 0.274. The first-order valence-corrected chi connectivity index (χ1v) is 8.80. The second-order valence-electron chi connectivity index (χ2n) is 6.44. The average molecular weight is 391 g/mol. The molecule has 1 atom stereocenters. The van der Waals surface area contributed by atoms with Crippen LogP contribution in [0.4, 0.5) is 17.1 Å². The van der Waals surface area contributed by atoms with Crippen molar-refractivity contribution in [2.45, 2.75) is 6.17 Å². The maximum absolute atomic E-state index is 13.4. The molecule has 146 valence electrons. The van der Waals surface area contributed by atoms with E-state index in [0.29, 0.717) is 28.3 Å². The Hall–Kier alpha value is -4.07. The van der Waals surface area contributed by atoms with Crippen molar-refractivity contribution in [3.8, 4) is 11.5 Å². The Morgan fingerprint density at radius 1 is 1.10 bits per heavy atom. The van der Waals surface area contributed by atoms with Crippen LogP contribution in [0, 0.1) is 10.1 Å². The largest absolute Gasteiger partial charge is 0.502 e. The van der Waals surface area contributed by atoms with Crippen molar-refractivity contribution >= 4 is 23.0 Å². The number of hydrogen-bond acceptors (Lipinski definition) is 6. The second kappa shape index (κ2) is 7.16. The van der Waals surface area contributed by atoms with Crippen molar-refractivity contribution in [1.29, 1.82) is 0 Å². The summed E-state index contributed by atoms with van der Waals surface area (Å²) in [4.78, 5) is 25.5. The highest BCUT2D eigenvalue weighted by Gasteiger charge is 2.36. The number of aromatic hydroxyl groups is 1. The fourth-order valence-corrected chi connectivity index (χ4v) is 3.42. The van der Waals surface area contributed by atoms with Gasteiger partial charge in [0.25, 0.3) is 5.91 Å². The summed E-state index contributed by atoms with van der Waals surface area (Å²) in [5, 5.41) is 24.4. The van der Waals surface area contributed by atoms with E-state index in [1.165, 1.54) is 24.1 Å². The van der Waals surface area contributed by atoms with Crippen molar-refractivity contribution in [2.75, 3.05) is 17.3 Å². The normalized spacial score (nSPS) is 15.4. The van der Waals surface area contributed by atoms with Gasteiger partial charge in [0, 0.05) is 17.3 Å². The first kappa shape index (κ1) is 18.3. The van der Waals surface area contributed by atoms with Gasteiger partial charge in [-0.1, -0.05) is 30.3 Å². The van der Waals surface area contributed by atoms with Crippen molar-refractivity contribution in [3.63, 3.8) is 0 Å². The van der Waals surface area contributed by atoms with Crippen molar-refractivity contribution in [2.24, 2.45) is 0 Å². The van der Waals surface area contributed by atoms with E-state index >= 15 is 0 Å². The Bertz CT molecular complexity index is 1110. The van der Waals surface area contributed by atoms with Gasteiger partial charge >= 0.3 is 5.69 Å². The quantitative estimate of drug-likeness (QED) is 0.513. The third-order valence-corrected chi connectivity index (χ3v) is 4.78. The van der Waals surface area contributed by atoms with E-state index < -0.39 is 22.5 Å². The molecule has 3 aromatic rings. The van der Waals surface area contributed by atoms with Crippen LogP contribution in [0.5, 0.6) is 11.5 Å². The predicted octanol–water partition coefficient (Wildman–Crippen LogP) is 4.08. The number of benzene rings is 3. The molecule has 0 aliphatic carbocycles. The number of amides is 1. The van der Waals surface area contributed by atoms with Gasteiger partial charge in [-0.3, -0.25) is 19.8 Å². The summed E-state index contributed by atoms with van der Waals surface area (Å²) in [6.07, 6.45) is -0.743. The van der Waals surface area contributed by atoms with E-state index in [4.69, 9.17) is 4.74 Å². The van der Waals surface area contributed by atoms with Crippen LogP contribution >= 0.6 is 0 Å². The Balaban J connectivity index is 1.91. The molecule has 0 radical (unpaired) electrons. The number of phenolic OH excluding ortho intramolecular Hbond substituents is 1. The lowest BCUT2D eigenvalue weighted by Crippen LogP contribution is -2.43. The van der Waals surface area contributed by atoms with E-state index in [0.717, 1.165) is 0 Å². The smallest absolute Gasteiger partial charge is 0.311 e. The van der Waals surface area contributed by atoms with Gasteiger partial charge < -0.3 is 15.2 Å². The van der Waals surface area contributed by atoms with E-state index in [9.17, 15) is 20.0 Å². The number of nitro benzene ring substituents is 1. The molecular formula is C21H17N3O5. The molecule has 0 unspecified atom stereocenters. The van der Waals surface area contributed by atoms with Crippen LogP contribution in [0.2, 0.25) is 0 Å². The average Bonchev–Trinajstić information content (AvgIpc) is 2.74. The minimum atomic E-state index is -0.743. The van der Waals surface area contributed by atoms with Crippen LogP contribution in [0.15, 0.2) is 66.7 Å². The highest BCUT2D eigenvalue weighted by atomic mass is 16.6. The lowest BCUT2D eigenvalue weighted by atomic mass is 10.0. The monoisotopic (exact) mass is 391 g/mol. The third kappa shape index (κ3) is 3.10. The summed E-state index contributed by atoms with van der Waals surface area (Å²) >= 11 is 0. The van der Waals surface area contributed by atoms with Crippen LogP contribution in [0.3, 0.4) is 0 Å². The maximum Gasteiger partial charge on any atom is 0.311 e. The van der Waals surface area contributed by atoms with Crippen molar-refractivity contribution in [1.82, 2.24) is 0 Å². The Labute approximate surface area is 166 Å². The number of nitrogens with one attached hydrogen (secondary N) is 1. The van der Waals surface area contributed by atoms with E-state index in [1.54, 1.807) is 54.6 Å². The molecule has 0 aromatic heterocycles. The topological polar surface area (TPSA) is 105 Å². The molecule has 3 aromatic carbocycles. The van der Waals surface area contributed by atoms with Gasteiger partial charge in [-0.25, -0.2) is 0 Å². The Morgan fingerprint density at radius 2 is 1.83 bits per heavy atom. The zero-order chi connectivity index (χ0) is 20.5. The Kier molecular flexibility index (Phi) is 4.52. The van der Waals surface area contributed by atoms with Crippen molar-refractivity contribution < 1.29 is 19.6 Å². The number of rotatable bonds is 4. The zero-order valence-corrected chi connectivity index (χ0v) is 15.4. The van der Waals surface area contributed by atoms with Gasteiger partial charge in [-0.2, -0.15) is 0 Å². The van der Waals surface area contributed by atoms with Crippen LogP contribution in [-0.4, -0.2) is 23.0 Å². The minimum Gasteiger partial charge on any atom is -0.502 e. The number of anilines is 2. The summed E-state index contributed by atoms with van der Waals surface area (Å²) in [6.45, 7) is 0. The molecule has 2 N–H and O–H groups in total. The first-order valence-electron chi connectivity index (χ1n) is 8.80. The summed E-state index contributed by atoms with van der Waals surface area (Å²) in [6, 6.07) is 18.2. The van der Waals surface area contributed by atoms with E-state index in [2.05, 4.69) is 5.32 Å². The molecule has 0 saturated heterocycles. The molecule has 1 aliphatic heterocycles. The second-order valence-corrected chi connectivity index (χ2v) is 6.44. The molecule has 1 amide bonds. The summed E-state index contributed by atoms with van der Waals surface area (Å²) < 4.78 is 5.43. The molecule has 0 fully saturated rings. The predicted molar refractivity (Wildman–Crippen MR) is 107 cm³/mol. The van der Waals surface area contributed by atoms with Gasteiger partial charge in [0.1, 0.15) is 11.9 Å². The lowest BCUT2D eigenvalue weighted by Gasteiger charge is -2.38. The maximum atomic E-state index is 13.4. The number of carbonyl (C=O) groups excluding carboxylic acids is 1. The van der Waals surface area contributed by atoms with Crippen LogP contribution in [0.25, 0.3) is 0 Å². The fraction of sp³-hybridized carbons (Fsp3) is 0.0952. The number of phenols is 1. The number of fused-ring (bicyclic) bond motifs is 1. The third-order valence-electron chi connectivity index (χ3n) is 4.78. The fourth-order valence-electron chi connectivity index (χ4n) is 3.42. The number of carbonyl (C=O) groups is 1. The van der Waals surface area contributed by atoms with E-state index in [1.807, 2.05) is 0 Å². The number of hydrogen-bond donors (Lipinski definition) is 2. The molecule has 1 aliphatic rings. The van der Waals surface area contributed by atoms with Gasteiger partial charge in [0.05, 0.1) is 23.3 Å². The number of para-hydroxylation sites is 3. The standard InChI is InChI=1S/C21H17N3O5/c1-29-19-9-5-4-8-16(19)23-20(13-10-11-18(25)17(12-13)24(27)28)22-15-7-3-2-6-14(15)21(23)26/h2-12,20,22,25H,1H3/t20-/m0/s1. The molecule has 0 spiro atoms. The van der Waals surface area contributed by atoms with Crippen molar-refractivity contribution in [3.05, 3.63) is 88.0 Å². The van der Waals surface area contributed by atoms with Gasteiger partial charge in [0.15, 0.2) is 5.75 Å². The van der Waals surface area contributed by atoms with E-state index in [-0.39, 0.29) is 5.91 Å². The number of methoxy groups -OCH3 is 1. The molecule has 29 heavy (non-hydrogen) atoms. The highest BCUT2D eigenvalue weighted by molar-refractivity contribution is 6.12. The zero-order valence-electron chi connectivity index (χ0n) is 15.4. The molecule has 4 rings (SSSR count). The Morgan fingerprint density at radius 3 is 2.59 bits per heavy atom. The molecular weight excluding hydrogens is 374 g/mol. The molecule has 8 heteroatoms. The van der Waals surface area contributed by atoms with Crippen LogP contribution < -0.4 is 15.0 Å². The van der Waals surface area contributed by atoms with Crippen LogP contribution in [-0.2, 0) is 0 Å². The molecule has 0 saturated carbocycles. The number of nitro groups is 1. The summed E-state index contributed by atoms with van der Waals surface area (Å²) in [7, 11) is 1.51. The number of ether oxygens (including phenoxy) is 1. The molecule has 8 nitrogen and oxygen atoms in total. The first-order chi connectivity index (χ1) is 14.0. The highest BCUT2D eigenvalue weighted by Crippen LogP contribution is 2.41. The lowest BCUT2D eigenvalue weighted by molar-refractivity contribution is -0.385. The van der Waals surface area contributed by atoms with Gasteiger partial charge in [0.2, 0.25) is 0 Å². The summed E-state index contributed by atoms with van der Waals surface area (Å²) in [5.41, 5.74) is 1.62. The SMILES string of the molecule is COc1ccccc1N1C(=O)c2ccccc2N[C@@H]1c1ccc(O)c([N+](=O)[O-])c1. The van der Waals surface area contributed by atoms with Crippen LogP contribution in [0.1, 0.15) is 22.1 Å². The molecule has 1 heterocycles. The summed E-state index contributed by atoms with van der Waals surface area (Å²) in [5.74, 6) is -0.227. The number of nitrogens with zero attached hydrogens (tertiary/aromatic N) is 2. The van der Waals surface area contributed by atoms with Gasteiger partial charge in [-0.15, -0.1) is 0 Å².